The van der Waals surface area contributed by atoms with E-state index in [1.165, 1.54) is 0 Å². The molecular weight excluding hydrogens is 340 g/mol. The van der Waals surface area contributed by atoms with Crippen molar-refractivity contribution in [1.82, 2.24) is 5.32 Å². The Morgan fingerprint density at radius 2 is 2.31 bits per heavy atom. The molecule has 0 bridgehead atoms. The summed E-state index contributed by atoms with van der Waals surface area (Å²) in [6.07, 6.45) is 2.17. The first-order valence-electron chi connectivity index (χ1n) is 5.02. The maximum absolute atomic E-state index is 11.4. The fourth-order valence-electron chi connectivity index (χ4n) is 1.23. The van der Waals surface area contributed by atoms with Crippen LogP contribution in [0.5, 0.6) is 5.75 Å². The van der Waals surface area contributed by atoms with Crippen LogP contribution in [-0.4, -0.2) is 18.6 Å². The van der Waals surface area contributed by atoms with E-state index in [2.05, 4.69) is 27.9 Å². The molecule has 86 valence electrons. The third-order valence-corrected chi connectivity index (χ3v) is 3.32. The number of nitrogens with one attached hydrogen (secondary N) is 1. The van der Waals surface area contributed by atoms with Gasteiger partial charge in [0.2, 0.25) is 0 Å². The first-order valence-corrected chi connectivity index (χ1v) is 6.48. The number of hydrogen-bond donors (Lipinski definition) is 1. The van der Waals surface area contributed by atoms with E-state index in [0.717, 1.165) is 16.4 Å². The van der Waals surface area contributed by atoms with Gasteiger partial charge in [0.25, 0.3) is 5.91 Å². The summed E-state index contributed by atoms with van der Waals surface area (Å²) in [4.78, 5) is 11.4. The van der Waals surface area contributed by atoms with E-state index in [1.54, 1.807) is 12.1 Å². The van der Waals surface area contributed by atoms with E-state index in [0.29, 0.717) is 16.8 Å². The summed E-state index contributed by atoms with van der Waals surface area (Å²) in [5.41, 5.74) is 0. The van der Waals surface area contributed by atoms with Crippen molar-refractivity contribution >= 4 is 40.1 Å². The second-order valence-corrected chi connectivity index (χ2v) is 5.30. The molecule has 0 heterocycles. The summed E-state index contributed by atoms with van der Waals surface area (Å²) < 4.78 is 6.35. The number of amides is 1. The Morgan fingerprint density at radius 3 is 3.00 bits per heavy atom. The Bertz CT molecular complexity index is 407. The fraction of sp³-hybridized carbons (Fsp3) is 0.364. The number of carbonyl (C=O) groups is 1. The van der Waals surface area contributed by atoms with E-state index in [1.807, 2.05) is 6.07 Å². The van der Waals surface area contributed by atoms with E-state index < -0.39 is 0 Å². The van der Waals surface area contributed by atoms with E-state index >= 15 is 0 Å². The summed E-state index contributed by atoms with van der Waals surface area (Å²) in [5.74, 6) is 0.581. The molecule has 16 heavy (non-hydrogen) atoms. The molecule has 2 rings (SSSR count). The molecule has 1 saturated carbocycles. The predicted octanol–water partition coefficient (Wildman–Crippen LogP) is 2.60. The van der Waals surface area contributed by atoms with Crippen molar-refractivity contribution in [2.75, 3.05) is 6.61 Å². The Balaban J connectivity index is 1.87. The summed E-state index contributed by atoms with van der Waals surface area (Å²) >= 11 is 7.99. The second-order valence-electron chi connectivity index (χ2n) is 3.71. The smallest absolute Gasteiger partial charge is 0.258 e. The monoisotopic (exact) mass is 351 g/mol. The summed E-state index contributed by atoms with van der Waals surface area (Å²) in [6, 6.07) is 5.74. The molecule has 0 aromatic heterocycles. The molecule has 3 nitrogen and oxygen atoms in total. The Kier molecular flexibility index (Phi) is 3.91. The highest BCUT2D eigenvalue weighted by Gasteiger charge is 2.23. The Labute approximate surface area is 113 Å². The van der Waals surface area contributed by atoms with Crippen LogP contribution in [-0.2, 0) is 4.79 Å². The fourth-order valence-corrected chi connectivity index (χ4v) is 1.88. The van der Waals surface area contributed by atoms with Crippen LogP contribution in [0.1, 0.15) is 12.8 Å². The van der Waals surface area contributed by atoms with E-state index in [-0.39, 0.29) is 12.5 Å². The van der Waals surface area contributed by atoms with Crippen molar-refractivity contribution < 1.29 is 9.53 Å². The molecule has 5 heteroatoms. The molecule has 0 radical (unpaired) electrons. The lowest BCUT2D eigenvalue weighted by Crippen LogP contribution is -2.30. The molecule has 0 spiro atoms. The minimum Gasteiger partial charge on any atom is -0.483 e. The minimum atomic E-state index is -0.0710. The average molecular weight is 352 g/mol. The highest BCUT2D eigenvalue weighted by atomic mass is 127. The third-order valence-electron chi connectivity index (χ3n) is 2.19. The lowest BCUT2D eigenvalue weighted by Gasteiger charge is -2.08. The van der Waals surface area contributed by atoms with E-state index in [9.17, 15) is 4.79 Å². The van der Waals surface area contributed by atoms with Crippen molar-refractivity contribution in [3.05, 3.63) is 26.8 Å². The largest absolute Gasteiger partial charge is 0.483 e. The number of benzene rings is 1. The van der Waals surface area contributed by atoms with Gasteiger partial charge in [-0.1, -0.05) is 11.6 Å². The molecule has 1 aromatic carbocycles. The molecule has 0 unspecified atom stereocenters. The lowest BCUT2D eigenvalue weighted by molar-refractivity contribution is -0.123. The standard InChI is InChI=1S/C11H11ClINO2/c12-7-1-4-9(13)10(5-7)16-6-11(15)14-8-2-3-8/h1,4-5,8H,2-3,6H2,(H,14,15). The molecule has 1 aliphatic carbocycles. The Hall–Kier alpha value is -0.490. The van der Waals surface area contributed by atoms with Crippen LogP contribution in [0.25, 0.3) is 0 Å². The molecule has 1 N–H and O–H groups in total. The minimum absolute atomic E-state index is 0.0485. The third kappa shape index (κ3) is 3.52. The van der Waals surface area contributed by atoms with Crippen LogP contribution in [0.3, 0.4) is 0 Å². The van der Waals surface area contributed by atoms with Crippen LogP contribution >= 0.6 is 34.2 Å². The normalized spacial score (nSPS) is 14.6. The molecule has 0 aliphatic heterocycles. The maximum atomic E-state index is 11.4. The van der Waals surface area contributed by atoms with Crippen LogP contribution in [0.15, 0.2) is 18.2 Å². The summed E-state index contributed by atoms with van der Waals surface area (Å²) in [5, 5.41) is 3.47. The van der Waals surface area contributed by atoms with Crippen LogP contribution in [0.2, 0.25) is 5.02 Å². The SMILES string of the molecule is O=C(COc1cc(Cl)ccc1I)NC1CC1. The molecule has 0 atom stereocenters. The van der Waals surface area contributed by atoms with Gasteiger partial charge in [0.15, 0.2) is 6.61 Å². The van der Waals surface area contributed by atoms with Crippen molar-refractivity contribution in [1.29, 1.82) is 0 Å². The number of hydrogen-bond acceptors (Lipinski definition) is 2. The number of ether oxygens (including phenoxy) is 1. The lowest BCUT2D eigenvalue weighted by atomic mass is 10.3. The van der Waals surface area contributed by atoms with Gasteiger partial charge in [0, 0.05) is 11.1 Å². The topological polar surface area (TPSA) is 38.3 Å². The average Bonchev–Trinajstić information content (AvgIpc) is 3.03. The van der Waals surface area contributed by atoms with Crippen molar-refractivity contribution in [2.24, 2.45) is 0 Å². The van der Waals surface area contributed by atoms with Crippen molar-refractivity contribution in [3.63, 3.8) is 0 Å². The summed E-state index contributed by atoms with van der Waals surface area (Å²) in [6.45, 7) is 0.0485. The van der Waals surface area contributed by atoms with Gasteiger partial charge in [-0.15, -0.1) is 0 Å². The molecule has 1 amide bonds. The first kappa shape index (κ1) is 12.0. The van der Waals surface area contributed by atoms with Gasteiger partial charge in [-0.3, -0.25) is 4.79 Å². The van der Waals surface area contributed by atoms with Crippen LogP contribution in [0.4, 0.5) is 0 Å². The summed E-state index contributed by atoms with van der Waals surface area (Å²) in [7, 11) is 0. The number of rotatable bonds is 4. The molecule has 1 fully saturated rings. The zero-order chi connectivity index (χ0) is 11.5. The van der Waals surface area contributed by atoms with Gasteiger partial charge in [-0.05, 0) is 53.6 Å². The number of halogens is 2. The molecule has 1 aromatic rings. The van der Waals surface area contributed by atoms with Gasteiger partial charge in [-0.25, -0.2) is 0 Å². The second kappa shape index (κ2) is 5.23. The first-order chi connectivity index (χ1) is 7.65. The van der Waals surface area contributed by atoms with Gasteiger partial charge in [0.05, 0.1) is 3.57 Å². The van der Waals surface area contributed by atoms with Gasteiger partial charge in [0.1, 0.15) is 5.75 Å². The Morgan fingerprint density at radius 1 is 1.56 bits per heavy atom. The zero-order valence-electron chi connectivity index (χ0n) is 8.50. The zero-order valence-corrected chi connectivity index (χ0v) is 11.4. The van der Waals surface area contributed by atoms with Crippen LogP contribution < -0.4 is 10.1 Å². The van der Waals surface area contributed by atoms with Crippen molar-refractivity contribution in [2.45, 2.75) is 18.9 Å². The van der Waals surface area contributed by atoms with Crippen molar-refractivity contribution in [3.8, 4) is 5.75 Å². The molecule has 1 aliphatic rings. The van der Waals surface area contributed by atoms with Gasteiger partial charge in [-0.2, -0.15) is 0 Å². The van der Waals surface area contributed by atoms with Crippen LogP contribution in [0, 0.1) is 3.57 Å². The quantitative estimate of drug-likeness (QED) is 0.847. The maximum Gasteiger partial charge on any atom is 0.258 e. The number of carbonyl (C=O) groups excluding carboxylic acids is 1. The molecule has 0 saturated heterocycles. The van der Waals surface area contributed by atoms with Gasteiger partial charge < -0.3 is 10.1 Å². The molecular formula is C11H11ClINO2. The highest BCUT2D eigenvalue weighted by Crippen LogP contribution is 2.24. The predicted molar refractivity (Wildman–Crippen MR) is 70.8 cm³/mol. The van der Waals surface area contributed by atoms with E-state index in [4.69, 9.17) is 16.3 Å². The van der Waals surface area contributed by atoms with Gasteiger partial charge >= 0.3 is 0 Å². The highest BCUT2D eigenvalue weighted by molar-refractivity contribution is 14.1.